The first kappa shape index (κ1) is 21.5. The molecule has 5 rings (SSSR count). The number of aromatic nitrogens is 3. The first-order chi connectivity index (χ1) is 16.3. The lowest BCUT2D eigenvalue weighted by atomic mass is 10.1. The van der Waals surface area contributed by atoms with Crippen molar-refractivity contribution in [2.45, 2.75) is 12.1 Å². The van der Waals surface area contributed by atoms with Crippen molar-refractivity contribution in [1.82, 2.24) is 15.2 Å². The third kappa shape index (κ3) is 5.02. The molecule has 0 unspecified atom stereocenters. The highest BCUT2D eigenvalue weighted by Gasteiger charge is 2.15. The summed E-state index contributed by atoms with van der Waals surface area (Å²) >= 11 is 3.12. The molecule has 0 spiro atoms. The molecule has 0 N–H and O–H groups in total. The van der Waals surface area contributed by atoms with Gasteiger partial charge in [-0.1, -0.05) is 36.0 Å². The van der Waals surface area contributed by atoms with Gasteiger partial charge in [0.1, 0.15) is 11.5 Å². The van der Waals surface area contributed by atoms with Gasteiger partial charge in [-0.2, -0.15) is 0 Å². The van der Waals surface area contributed by atoms with Crippen LogP contribution in [0.4, 0.5) is 0 Å². The first-order valence-corrected chi connectivity index (χ1v) is 12.4. The summed E-state index contributed by atoms with van der Waals surface area (Å²) in [5.74, 6) is 2.81. The Hall–Kier alpha value is -3.36. The van der Waals surface area contributed by atoms with E-state index < -0.39 is 0 Å². The topological polar surface area (TPSA) is 70.3 Å². The van der Waals surface area contributed by atoms with Crippen molar-refractivity contribution < 1.29 is 13.9 Å². The summed E-state index contributed by atoms with van der Waals surface area (Å²) in [7, 11) is 0. The highest BCUT2D eigenvalue weighted by atomic mass is 32.2. The van der Waals surface area contributed by atoms with Crippen LogP contribution in [0.5, 0.6) is 11.5 Å². The lowest BCUT2D eigenvalue weighted by Crippen LogP contribution is -2.00. The Balaban J connectivity index is 1.27. The van der Waals surface area contributed by atoms with Crippen molar-refractivity contribution in [3.63, 3.8) is 0 Å². The fraction of sp³-hybridized carbons (Fsp3) is 0.160. The van der Waals surface area contributed by atoms with E-state index in [0.29, 0.717) is 30.1 Å². The normalized spacial score (nSPS) is 11.1. The Morgan fingerprint density at radius 2 is 1.76 bits per heavy atom. The van der Waals surface area contributed by atoms with Crippen molar-refractivity contribution in [2.24, 2.45) is 0 Å². The van der Waals surface area contributed by atoms with Crippen LogP contribution in [-0.4, -0.2) is 34.1 Å². The smallest absolute Gasteiger partial charge is 0.276 e. The second-order valence-electron chi connectivity index (χ2n) is 7.02. The number of rotatable bonds is 9. The van der Waals surface area contributed by atoms with E-state index >= 15 is 0 Å². The van der Waals surface area contributed by atoms with Gasteiger partial charge in [-0.3, -0.25) is 0 Å². The van der Waals surface area contributed by atoms with Gasteiger partial charge in [0.25, 0.3) is 5.22 Å². The zero-order valence-electron chi connectivity index (χ0n) is 17.9. The Morgan fingerprint density at radius 1 is 0.939 bits per heavy atom. The predicted molar refractivity (Wildman–Crippen MR) is 132 cm³/mol. The maximum absolute atomic E-state index is 5.99. The molecule has 0 fully saturated rings. The fourth-order valence-corrected chi connectivity index (χ4v) is 4.63. The summed E-state index contributed by atoms with van der Waals surface area (Å²) in [4.78, 5) is 5.91. The molecular weight excluding hydrogens is 454 g/mol. The van der Waals surface area contributed by atoms with Crippen LogP contribution in [0.1, 0.15) is 6.92 Å². The highest BCUT2D eigenvalue weighted by molar-refractivity contribution is 7.99. The minimum absolute atomic E-state index is 0.487. The Bertz CT molecular complexity index is 1340. The number of thioether (sulfide) groups is 1. The molecule has 3 aromatic heterocycles. The van der Waals surface area contributed by atoms with Crippen molar-refractivity contribution in [1.29, 1.82) is 0 Å². The summed E-state index contributed by atoms with van der Waals surface area (Å²) in [6.07, 6.45) is 0. The van der Waals surface area contributed by atoms with E-state index in [2.05, 4.69) is 16.3 Å². The van der Waals surface area contributed by atoms with E-state index in [4.69, 9.17) is 18.9 Å². The molecule has 0 aliphatic heterocycles. The second-order valence-corrected chi connectivity index (χ2v) is 9.02. The molecule has 0 saturated carbocycles. The minimum Gasteiger partial charge on any atom is -0.494 e. The molecule has 0 amide bonds. The van der Waals surface area contributed by atoms with Gasteiger partial charge in [-0.15, -0.1) is 21.5 Å². The van der Waals surface area contributed by atoms with E-state index in [1.54, 1.807) is 11.3 Å². The lowest BCUT2D eigenvalue weighted by molar-refractivity contribution is 0.332. The van der Waals surface area contributed by atoms with E-state index in [0.717, 1.165) is 38.5 Å². The van der Waals surface area contributed by atoms with Crippen LogP contribution in [0.15, 0.2) is 81.8 Å². The number of pyridine rings is 1. The van der Waals surface area contributed by atoms with Crippen molar-refractivity contribution in [2.75, 3.05) is 19.0 Å². The van der Waals surface area contributed by atoms with Crippen LogP contribution in [0.3, 0.4) is 0 Å². The van der Waals surface area contributed by atoms with E-state index in [-0.39, 0.29) is 0 Å². The summed E-state index contributed by atoms with van der Waals surface area (Å²) in [6, 6.07) is 21.7. The quantitative estimate of drug-likeness (QED) is 0.176. The van der Waals surface area contributed by atoms with Crippen molar-refractivity contribution in [3.8, 4) is 33.5 Å². The molecule has 0 saturated heterocycles. The number of para-hydroxylation sites is 1. The van der Waals surface area contributed by atoms with Gasteiger partial charge in [0.2, 0.25) is 5.89 Å². The lowest BCUT2D eigenvalue weighted by Gasteiger charge is -2.07. The summed E-state index contributed by atoms with van der Waals surface area (Å²) in [5.41, 5.74) is 2.68. The van der Waals surface area contributed by atoms with Crippen LogP contribution in [-0.2, 0) is 0 Å². The number of hydrogen-bond donors (Lipinski definition) is 0. The molecule has 0 bridgehead atoms. The van der Waals surface area contributed by atoms with E-state index in [9.17, 15) is 0 Å². The third-order valence-corrected chi connectivity index (χ3v) is 6.51. The minimum atomic E-state index is 0.487. The molecule has 0 aliphatic carbocycles. The number of thiophene rings is 1. The summed E-state index contributed by atoms with van der Waals surface area (Å²) in [5, 5.41) is 12.1. The molecule has 0 radical (unpaired) electrons. The average molecular weight is 476 g/mol. The van der Waals surface area contributed by atoms with Crippen LogP contribution in [0, 0.1) is 0 Å². The highest BCUT2D eigenvalue weighted by Crippen LogP contribution is 2.34. The molecular formula is C25H21N3O3S2. The van der Waals surface area contributed by atoms with Gasteiger partial charge in [0.05, 0.1) is 34.9 Å². The zero-order valence-corrected chi connectivity index (χ0v) is 19.6. The standard InChI is InChI=1S/C25H21N3O3S2/c1-2-29-17-9-11-18(12-10-17)30-13-15-33-25-28-27-24(31-25)20-16-22(23-8-5-14-32-23)26-21-7-4-3-6-19(20)21/h3-12,14,16H,2,13,15H2,1H3. The molecule has 2 aromatic carbocycles. The van der Waals surface area contributed by atoms with E-state index in [1.165, 1.54) is 11.8 Å². The van der Waals surface area contributed by atoms with Crippen LogP contribution in [0.2, 0.25) is 0 Å². The van der Waals surface area contributed by atoms with Gasteiger partial charge in [-0.05, 0) is 54.8 Å². The van der Waals surface area contributed by atoms with Crippen molar-refractivity contribution >= 4 is 34.0 Å². The maximum Gasteiger partial charge on any atom is 0.276 e. The van der Waals surface area contributed by atoms with Crippen molar-refractivity contribution in [3.05, 3.63) is 72.1 Å². The SMILES string of the molecule is CCOc1ccc(OCCSc2nnc(-c3cc(-c4cccs4)nc4ccccc34)o2)cc1. The molecule has 166 valence electrons. The molecule has 33 heavy (non-hydrogen) atoms. The largest absolute Gasteiger partial charge is 0.494 e. The number of fused-ring (bicyclic) bond motifs is 1. The van der Waals surface area contributed by atoms with Gasteiger partial charge in [0, 0.05) is 11.1 Å². The number of benzene rings is 2. The molecule has 0 atom stereocenters. The number of ether oxygens (including phenoxy) is 2. The number of nitrogens with zero attached hydrogens (tertiary/aromatic N) is 3. The van der Waals surface area contributed by atoms with Crippen LogP contribution >= 0.6 is 23.1 Å². The number of hydrogen-bond acceptors (Lipinski definition) is 8. The third-order valence-electron chi connectivity index (χ3n) is 4.84. The average Bonchev–Trinajstić information content (AvgIpc) is 3.55. The molecule has 3 heterocycles. The predicted octanol–water partition coefficient (Wildman–Crippen LogP) is 6.58. The Morgan fingerprint density at radius 3 is 2.55 bits per heavy atom. The Kier molecular flexibility index (Phi) is 6.55. The molecule has 0 aliphatic rings. The van der Waals surface area contributed by atoms with Gasteiger partial charge < -0.3 is 13.9 Å². The summed E-state index contributed by atoms with van der Waals surface area (Å²) < 4.78 is 17.2. The van der Waals surface area contributed by atoms with Gasteiger partial charge >= 0.3 is 0 Å². The summed E-state index contributed by atoms with van der Waals surface area (Å²) in [6.45, 7) is 3.13. The maximum atomic E-state index is 5.99. The van der Waals surface area contributed by atoms with E-state index in [1.807, 2.05) is 73.0 Å². The Labute approximate surface area is 199 Å². The van der Waals surface area contributed by atoms with Gasteiger partial charge in [-0.25, -0.2) is 4.98 Å². The monoisotopic (exact) mass is 475 g/mol. The molecule has 8 heteroatoms. The van der Waals surface area contributed by atoms with Crippen LogP contribution < -0.4 is 9.47 Å². The zero-order chi connectivity index (χ0) is 22.5. The van der Waals surface area contributed by atoms with Crippen LogP contribution in [0.25, 0.3) is 32.9 Å². The fourth-order valence-electron chi connectivity index (χ4n) is 3.37. The first-order valence-electron chi connectivity index (χ1n) is 10.6. The van der Waals surface area contributed by atoms with Gasteiger partial charge in [0.15, 0.2) is 0 Å². The second kappa shape index (κ2) is 10.1. The molecule has 6 nitrogen and oxygen atoms in total. The molecule has 5 aromatic rings.